The third-order valence-corrected chi connectivity index (χ3v) is 2.70. The van der Waals surface area contributed by atoms with E-state index in [4.69, 9.17) is 5.73 Å². The number of nitrogens with zero attached hydrogens (tertiary/aromatic N) is 2. The van der Waals surface area contributed by atoms with Crippen LogP contribution in [0, 0.1) is 19.7 Å². The van der Waals surface area contributed by atoms with Gasteiger partial charge in [-0.25, -0.2) is 14.4 Å². The monoisotopic (exact) mass is 246 g/mol. The van der Waals surface area contributed by atoms with E-state index in [2.05, 4.69) is 15.3 Å². The van der Waals surface area contributed by atoms with Crippen LogP contribution in [0.25, 0.3) is 0 Å². The number of halogens is 1. The second kappa shape index (κ2) is 5.00. The molecule has 0 aliphatic carbocycles. The molecule has 0 aliphatic rings. The topological polar surface area (TPSA) is 63.8 Å². The second-order valence-corrected chi connectivity index (χ2v) is 4.22. The molecule has 4 nitrogen and oxygen atoms in total. The van der Waals surface area contributed by atoms with Crippen molar-refractivity contribution in [2.75, 3.05) is 11.1 Å². The summed E-state index contributed by atoms with van der Waals surface area (Å²) < 4.78 is 13.5. The number of hydrogen-bond acceptors (Lipinski definition) is 4. The summed E-state index contributed by atoms with van der Waals surface area (Å²) >= 11 is 0. The summed E-state index contributed by atoms with van der Waals surface area (Å²) in [4.78, 5) is 7.85. The fourth-order valence-corrected chi connectivity index (χ4v) is 1.81. The average molecular weight is 246 g/mol. The lowest BCUT2D eigenvalue weighted by Gasteiger charge is -2.09. The van der Waals surface area contributed by atoms with Crippen molar-refractivity contribution in [1.82, 2.24) is 9.97 Å². The summed E-state index contributed by atoms with van der Waals surface area (Å²) in [5.74, 6) is 0.435. The molecule has 5 heteroatoms. The summed E-state index contributed by atoms with van der Waals surface area (Å²) in [6.07, 6.45) is 2.97. The van der Waals surface area contributed by atoms with Crippen LogP contribution in [0.5, 0.6) is 0 Å². The maximum atomic E-state index is 13.5. The number of rotatable bonds is 3. The van der Waals surface area contributed by atoms with Crippen LogP contribution in [-0.2, 0) is 6.54 Å². The normalized spacial score (nSPS) is 10.4. The Hall–Kier alpha value is -2.17. The Labute approximate surface area is 105 Å². The molecule has 0 bridgehead atoms. The molecule has 0 spiro atoms. The zero-order valence-electron chi connectivity index (χ0n) is 10.4. The molecule has 1 heterocycles. The molecular weight excluding hydrogens is 231 g/mol. The molecule has 0 fully saturated rings. The van der Waals surface area contributed by atoms with E-state index < -0.39 is 0 Å². The molecule has 18 heavy (non-hydrogen) atoms. The molecule has 0 amide bonds. The zero-order valence-corrected chi connectivity index (χ0v) is 10.4. The van der Waals surface area contributed by atoms with Crippen LogP contribution in [-0.4, -0.2) is 9.97 Å². The average Bonchev–Trinajstić information content (AvgIpc) is 2.35. The van der Waals surface area contributed by atoms with Crippen LogP contribution >= 0.6 is 0 Å². The molecule has 0 unspecified atom stereocenters. The van der Waals surface area contributed by atoms with Crippen LogP contribution in [0.2, 0.25) is 0 Å². The van der Waals surface area contributed by atoms with Gasteiger partial charge in [0, 0.05) is 6.54 Å². The van der Waals surface area contributed by atoms with Crippen LogP contribution in [0.4, 0.5) is 15.9 Å². The van der Waals surface area contributed by atoms with Crippen molar-refractivity contribution < 1.29 is 4.39 Å². The number of nitrogens with one attached hydrogen (secondary N) is 1. The van der Waals surface area contributed by atoms with E-state index in [0.717, 1.165) is 5.56 Å². The van der Waals surface area contributed by atoms with Gasteiger partial charge in [-0.15, -0.1) is 0 Å². The molecule has 3 N–H and O–H groups in total. The maximum Gasteiger partial charge on any atom is 0.152 e. The predicted octanol–water partition coefficient (Wildman–Crippen LogP) is 2.43. The molecule has 0 atom stereocenters. The van der Waals surface area contributed by atoms with Crippen LogP contribution in [0.1, 0.15) is 16.7 Å². The first kappa shape index (κ1) is 12.3. The van der Waals surface area contributed by atoms with Crippen molar-refractivity contribution in [2.24, 2.45) is 0 Å². The van der Waals surface area contributed by atoms with Crippen molar-refractivity contribution in [2.45, 2.75) is 20.4 Å². The minimum Gasteiger partial charge on any atom is -0.394 e. The molecule has 1 aromatic heterocycles. The first-order chi connectivity index (χ1) is 8.58. The first-order valence-corrected chi connectivity index (χ1v) is 5.63. The Morgan fingerprint density at radius 1 is 1.28 bits per heavy atom. The van der Waals surface area contributed by atoms with Gasteiger partial charge in [0.15, 0.2) is 5.82 Å². The van der Waals surface area contributed by atoms with Gasteiger partial charge in [0.05, 0.1) is 11.9 Å². The van der Waals surface area contributed by atoms with Gasteiger partial charge in [-0.3, -0.25) is 0 Å². The largest absolute Gasteiger partial charge is 0.394 e. The number of anilines is 2. The van der Waals surface area contributed by atoms with E-state index in [-0.39, 0.29) is 5.82 Å². The predicted molar refractivity (Wildman–Crippen MR) is 69.6 cm³/mol. The minimum atomic E-state index is -0.152. The summed E-state index contributed by atoms with van der Waals surface area (Å²) in [6, 6.07) is 3.62. The highest BCUT2D eigenvalue weighted by Gasteiger charge is 2.05. The van der Waals surface area contributed by atoms with E-state index in [0.29, 0.717) is 29.2 Å². The van der Waals surface area contributed by atoms with Gasteiger partial charge < -0.3 is 11.1 Å². The lowest BCUT2D eigenvalue weighted by atomic mass is 10.1. The molecule has 0 saturated carbocycles. The zero-order chi connectivity index (χ0) is 13.1. The van der Waals surface area contributed by atoms with Crippen LogP contribution < -0.4 is 11.1 Å². The molecule has 2 aromatic rings. The number of nitrogen functional groups attached to an aromatic ring is 1. The molecular formula is C13H15FN4. The number of aromatic nitrogens is 2. The van der Waals surface area contributed by atoms with Crippen LogP contribution in [0.15, 0.2) is 24.7 Å². The number of benzene rings is 1. The van der Waals surface area contributed by atoms with Crippen molar-refractivity contribution >= 4 is 11.5 Å². The highest BCUT2D eigenvalue weighted by atomic mass is 19.1. The summed E-state index contributed by atoms with van der Waals surface area (Å²) in [5, 5.41) is 3.10. The highest BCUT2D eigenvalue weighted by molar-refractivity contribution is 5.59. The fourth-order valence-electron chi connectivity index (χ4n) is 1.81. The highest BCUT2D eigenvalue weighted by Crippen LogP contribution is 2.17. The molecule has 0 saturated heterocycles. The molecule has 0 aliphatic heterocycles. The Bertz CT molecular complexity index is 546. The lowest BCUT2D eigenvalue weighted by molar-refractivity contribution is 0.608. The van der Waals surface area contributed by atoms with Crippen molar-refractivity contribution in [3.63, 3.8) is 0 Å². The van der Waals surface area contributed by atoms with E-state index in [1.807, 2.05) is 12.1 Å². The molecule has 94 valence electrons. The van der Waals surface area contributed by atoms with E-state index >= 15 is 0 Å². The van der Waals surface area contributed by atoms with Gasteiger partial charge in [-0.05, 0) is 30.5 Å². The standard InChI is InChI=1S/C13H15FN4/c1-8-3-10(4-9(2)12(8)14)5-17-13-11(15)6-16-7-18-13/h3-4,6-7H,5,15H2,1-2H3,(H,16,17,18). The van der Waals surface area contributed by atoms with Gasteiger partial charge in [0.2, 0.25) is 0 Å². The molecule has 2 rings (SSSR count). The quantitative estimate of drug-likeness (QED) is 0.873. The van der Waals surface area contributed by atoms with Crippen LogP contribution in [0.3, 0.4) is 0 Å². The third-order valence-electron chi connectivity index (χ3n) is 2.70. The summed E-state index contributed by atoms with van der Waals surface area (Å²) in [7, 11) is 0. The second-order valence-electron chi connectivity index (χ2n) is 4.22. The van der Waals surface area contributed by atoms with E-state index in [1.165, 1.54) is 12.5 Å². The van der Waals surface area contributed by atoms with Crippen molar-refractivity contribution in [1.29, 1.82) is 0 Å². The van der Waals surface area contributed by atoms with Crippen molar-refractivity contribution in [3.8, 4) is 0 Å². The van der Waals surface area contributed by atoms with E-state index in [9.17, 15) is 4.39 Å². The van der Waals surface area contributed by atoms with Gasteiger partial charge in [-0.1, -0.05) is 12.1 Å². The molecule has 1 aromatic carbocycles. The number of aryl methyl sites for hydroxylation is 2. The first-order valence-electron chi connectivity index (χ1n) is 5.63. The number of hydrogen-bond donors (Lipinski definition) is 2. The number of nitrogens with two attached hydrogens (primary N) is 1. The Kier molecular flexibility index (Phi) is 3.41. The minimum absolute atomic E-state index is 0.152. The van der Waals surface area contributed by atoms with Gasteiger partial charge >= 0.3 is 0 Å². The van der Waals surface area contributed by atoms with Gasteiger partial charge in [-0.2, -0.15) is 0 Å². The fraction of sp³-hybridized carbons (Fsp3) is 0.231. The van der Waals surface area contributed by atoms with Gasteiger partial charge in [0.1, 0.15) is 12.1 Å². The summed E-state index contributed by atoms with van der Waals surface area (Å²) in [6.45, 7) is 4.05. The summed E-state index contributed by atoms with van der Waals surface area (Å²) in [5.41, 5.74) is 8.49. The molecule has 0 radical (unpaired) electrons. The SMILES string of the molecule is Cc1cc(CNc2ncncc2N)cc(C)c1F. The Morgan fingerprint density at radius 3 is 2.56 bits per heavy atom. The van der Waals surface area contributed by atoms with Crippen molar-refractivity contribution in [3.05, 3.63) is 47.2 Å². The third kappa shape index (κ3) is 2.56. The van der Waals surface area contributed by atoms with E-state index in [1.54, 1.807) is 13.8 Å². The smallest absolute Gasteiger partial charge is 0.152 e. The van der Waals surface area contributed by atoms with Gasteiger partial charge in [0.25, 0.3) is 0 Å². The maximum absolute atomic E-state index is 13.5. The Balaban J connectivity index is 2.14. The Morgan fingerprint density at radius 2 is 1.94 bits per heavy atom. The lowest BCUT2D eigenvalue weighted by Crippen LogP contribution is -2.05.